The first kappa shape index (κ1) is 8.66. The van der Waals surface area contributed by atoms with Gasteiger partial charge in [-0.1, -0.05) is 40.5 Å². The Balaban J connectivity index is 2.78. The van der Waals surface area contributed by atoms with Gasteiger partial charge in [0.15, 0.2) is 5.15 Å². The van der Waals surface area contributed by atoms with E-state index in [4.69, 9.17) is 27.9 Å². The average molecular weight is 208 g/mol. The molecule has 0 unspecified atom stereocenters. The maximum absolute atomic E-state index is 5.60. The molecular weight excluding hydrogens is 205 g/mol. The number of halogens is 2. The molecule has 0 aliphatic carbocycles. The molecule has 0 atom stereocenters. The van der Waals surface area contributed by atoms with Gasteiger partial charge < -0.3 is 4.74 Å². The Morgan fingerprint density at radius 3 is 2.73 bits per heavy atom. The molecule has 0 aliphatic rings. The highest BCUT2D eigenvalue weighted by Gasteiger charge is 2.06. The van der Waals surface area contributed by atoms with Crippen molar-refractivity contribution in [2.75, 3.05) is 0 Å². The molecule has 0 saturated heterocycles. The SMILES string of the molecule is CC#COc1nc(Cl)c(Cl)s1. The summed E-state index contributed by atoms with van der Waals surface area (Å²) in [7, 11) is 0. The Hall–Kier alpha value is -0.430. The summed E-state index contributed by atoms with van der Waals surface area (Å²) in [6.45, 7) is 1.66. The van der Waals surface area contributed by atoms with Crippen LogP contribution in [0.1, 0.15) is 6.92 Å². The number of nitrogens with zero attached hydrogens (tertiary/aromatic N) is 1. The first-order valence-corrected chi connectivity index (χ1v) is 4.21. The van der Waals surface area contributed by atoms with Crippen molar-refractivity contribution in [2.45, 2.75) is 6.92 Å². The van der Waals surface area contributed by atoms with E-state index in [1.165, 1.54) is 0 Å². The van der Waals surface area contributed by atoms with Gasteiger partial charge in [-0.3, -0.25) is 0 Å². The predicted octanol–water partition coefficient (Wildman–Crippen LogP) is 2.81. The molecule has 1 rings (SSSR count). The molecule has 0 aromatic carbocycles. The monoisotopic (exact) mass is 207 g/mol. The smallest absolute Gasteiger partial charge is 0.291 e. The van der Waals surface area contributed by atoms with E-state index in [0.29, 0.717) is 9.53 Å². The van der Waals surface area contributed by atoms with Gasteiger partial charge in [0, 0.05) is 6.92 Å². The van der Waals surface area contributed by atoms with Crippen LogP contribution in [-0.2, 0) is 0 Å². The van der Waals surface area contributed by atoms with Crippen molar-refractivity contribution in [1.82, 2.24) is 4.98 Å². The summed E-state index contributed by atoms with van der Waals surface area (Å²) in [6, 6.07) is 0. The largest absolute Gasteiger partial charge is 0.377 e. The summed E-state index contributed by atoms with van der Waals surface area (Å²) >= 11 is 12.3. The molecule has 0 saturated carbocycles. The van der Waals surface area contributed by atoms with Crippen molar-refractivity contribution in [3.05, 3.63) is 9.49 Å². The molecule has 0 radical (unpaired) electrons. The van der Waals surface area contributed by atoms with E-state index in [9.17, 15) is 0 Å². The van der Waals surface area contributed by atoms with Crippen molar-refractivity contribution in [3.8, 4) is 17.2 Å². The van der Waals surface area contributed by atoms with Gasteiger partial charge in [-0.25, -0.2) is 0 Å². The summed E-state index contributed by atoms with van der Waals surface area (Å²) in [5.41, 5.74) is 0. The fourth-order valence-electron chi connectivity index (χ4n) is 0.404. The number of hydrogen-bond donors (Lipinski definition) is 0. The van der Waals surface area contributed by atoms with Gasteiger partial charge >= 0.3 is 0 Å². The van der Waals surface area contributed by atoms with E-state index in [1.54, 1.807) is 6.92 Å². The number of thiazole rings is 1. The highest BCUT2D eigenvalue weighted by atomic mass is 35.5. The van der Waals surface area contributed by atoms with Crippen molar-refractivity contribution >= 4 is 34.5 Å². The third-order valence-corrected chi connectivity index (χ3v) is 2.38. The van der Waals surface area contributed by atoms with Gasteiger partial charge in [0.1, 0.15) is 10.4 Å². The zero-order chi connectivity index (χ0) is 8.27. The number of aromatic nitrogens is 1. The molecule has 2 nitrogen and oxygen atoms in total. The topological polar surface area (TPSA) is 22.1 Å². The summed E-state index contributed by atoms with van der Waals surface area (Å²) < 4.78 is 5.25. The molecule has 0 N–H and O–H groups in total. The lowest BCUT2D eigenvalue weighted by molar-refractivity contribution is 0.515. The average Bonchev–Trinajstić information content (AvgIpc) is 2.28. The van der Waals surface area contributed by atoms with Gasteiger partial charge in [-0.2, -0.15) is 4.98 Å². The highest BCUT2D eigenvalue weighted by Crippen LogP contribution is 2.32. The summed E-state index contributed by atoms with van der Waals surface area (Å²) in [5, 5.41) is 0.624. The Morgan fingerprint density at radius 1 is 1.55 bits per heavy atom. The molecule has 1 heterocycles. The van der Waals surface area contributed by atoms with Gasteiger partial charge in [0.2, 0.25) is 0 Å². The second-order valence-corrected chi connectivity index (χ2v) is 3.42. The standard InChI is InChI=1S/C6H3Cl2NOS/c1-2-3-10-6-9-4(7)5(8)11-6/h1H3. The van der Waals surface area contributed by atoms with Crippen LogP contribution in [0.4, 0.5) is 0 Å². The number of rotatable bonds is 1. The number of hydrogen-bond acceptors (Lipinski definition) is 3. The van der Waals surface area contributed by atoms with Gasteiger partial charge in [0.25, 0.3) is 5.19 Å². The van der Waals surface area contributed by atoms with Crippen molar-refractivity contribution < 1.29 is 4.74 Å². The quantitative estimate of drug-likeness (QED) is 0.662. The predicted molar refractivity (Wildman–Crippen MR) is 46.2 cm³/mol. The van der Waals surface area contributed by atoms with Crippen molar-refractivity contribution in [3.63, 3.8) is 0 Å². The van der Waals surface area contributed by atoms with E-state index in [1.807, 2.05) is 0 Å². The second-order valence-electron chi connectivity index (χ2n) is 1.50. The Bertz CT molecular complexity index is 293. The molecule has 5 heteroatoms. The van der Waals surface area contributed by atoms with Crippen LogP contribution in [0.2, 0.25) is 9.49 Å². The summed E-state index contributed by atoms with van der Waals surface area (Å²) in [6.07, 6.45) is 2.39. The first-order valence-electron chi connectivity index (χ1n) is 2.64. The minimum atomic E-state index is 0.254. The zero-order valence-corrected chi connectivity index (χ0v) is 7.85. The van der Waals surface area contributed by atoms with Crippen LogP contribution < -0.4 is 4.74 Å². The molecule has 0 amide bonds. The summed E-state index contributed by atoms with van der Waals surface area (Å²) in [4.78, 5) is 3.78. The van der Waals surface area contributed by atoms with Crippen molar-refractivity contribution in [1.29, 1.82) is 0 Å². The normalized spacial score (nSPS) is 8.64. The van der Waals surface area contributed by atoms with Gasteiger partial charge in [-0.15, -0.1) is 0 Å². The number of ether oxygens (including phenoxy) is 1. The van der Waals surface area contributed by atoms with Crippen LogP contribution >= 0.6 is 34.5 Å². The first-order chi connectivity index (χ1) is 5.24. The third-order valence-electron chi connectivity index (χ3n) is 0.769. The lowest BCUT2D eigenvalue weighted by atomic mass is 10.8. The minimum Gasteiger partial charge on any atom is -0.377 e. The fraction of sp³-hybridized carbons (Fsp3) is 0.167. The maximum Gasteiger partial charge on any atom is 0.291 e. The third kappa shape index (κ3) is 2.26. The second kappa shape index (κ2) is 3.82. The molecule has 1 aromatic rings. The lowest BCUT2D eigenvalue weighted by Crippen LogP contribution is -1.78. The van der Waals surface area contributed by atoms with E-state index in [-0.39, 0.29) is 5.15 Å². The Labute approximate surface area is 78.1 Å². The van der Waals surface area contributed by atoms with E-state index in [0.717, 1.165) is 11.3 Å². The van der Waals surface area contributed by atoms with E-state index in [2.05, 4.69) is 17.0 Å². The summed E-state index contributed by atoms with van der Waals surface area (Å²) in [5.74, 6) is 2.55. The molecule has 0 bridgehead atoms. The molecule has 1 aromatic heterocycles. The lowest BCUT2D eigenvalue weighted by Gasteiger charge is -1.83. The highest BCUT2D eigenvalue weighted by molar-refractivity contribution is 7.18. The fourth-order valence-corrected chi connectivity index (χ4v) is 1.39. The molecule has 0 fully saturated rings. The van der Waals surface area contributed by atoms with Crippen LogP contribution in [0.25, 0.3) is 0 Å². The molecule has 0 spiro atoms. The van der Waals surface area contributed by atoms with Gasteiger partial charge in [-0.05, 0) is 0 Å². The van der Waals surface area contributed by atoms with E-state index < -0.39 is 0 Å². The van der Waals surface area contributed by atoms with Gasteiger partial charge in [0.05, 0.1) is 0 Å². The minimum absolute atomic E-state index is 0.254. The van der Waals surface area contributed by atoms with Crippen LogP contribution in [0.15, 0.2) is 0 Å². The zero-order valence-electron chi connectivity index (χ0n) is 5.52. The molecular formula is C6H3Cl2NOS. The van der Waals surface area contributed by atoms with Crippen LogP contribution in [0.3, 0.4) is 0 Å². The maximum atomic E-state index is 5.60. The van der Waals surface area contributed by atoms with Crippen LogP contribution in [-0.4, -0.2) is 4.98 Å². The Morgan fingerprint density at radius 2 is 2.27 bits per heavy atom. The van der Waals surface area contributed by atoms with Crippen LogP contribution in [0.5, 0.6) is 5.19 Å². The molecule has 0 aliphatic heterocycles. The van der Waals surface area contributed by atoms with Crippen LogP contribution in [0, 0.1) is 12.0 Å². The molecule has 11 heavy (non-hydrogen) atoms. The molecule has 58 valence electrons. The van der Waals surface area contributed by atoms with Crippen molar-refractivity contribution in [2.24, 2.45) is 0 Å². The van der Waals surface area contributed by atoms with E-state index >= 15 is 0 Å². The Kier molecular flexibility index (Phi) is 3.01.